The van der Waals surface area contributed by atoms with Gasteiger partial charge in [0.15, 0.2) is 5.78 Å². The number of hydrogen-bond acceptors (Lipinski definition) is 3. The number of nitrogens with zero attached hydrogens (tertiary/aromatic N) is 1. The SMILES string of the molecule is CC1(C)CN(C(=O)O)CC(C(=O)C(F)(F)F)C1=O. The Hall–Kier alpha value is -1.60. The average molecular weight is 267 g/mol. The molecular formula is C10H12F3NO4. The van der Waals surface area contributed by atoms with E-state index >= 15 is 0 Å². The first kappa shape index (κ1) is 14.5. The number of carboxylic acid groups (broad SMARTS) is 1. The maximum Gasteiger partial charge on any atom is 0.450 e. The minimum atomic E-state index is -5.14. The Balaban J connectivity index is 3.07. The molecule has 0 aromatic rings. The lowest BCUT2D eigenvalue weighted by atomic mass is 9.75. The summed E-state index contributed by atoms with van der Waals surface area (Å²) in [6.07, 6.45) is -6.59. The van der Waals surface area contributed by atoms with Crippen LogP contribution >= 0.6 is 0 Å². The van der Waals surface area contributed by atoms with E-state index in [1.165, 1.54) is 13.8 Å². The van der Waals surface area contributed by atoms with Gasteiger partial charge in [-0.1, -0.05) is 13.8 Å². The molecule has 5 nitrogen and oxygen atoms in total. The molecule has 0 radical (unpaired) electrons. The van der Waals surface area contributed by atoms with E-state index in [0.717, 1.165) is 0 Å². The second kappa shape index (κ2) is 4.25. The van der Waals surface area contributed by atoms with Crippen molar-refractivity contribution in [3.8, 4) is 0 Å². The number of amides is 1. The number of halogens is 3. The molecule has 0 saturated carbocycles. The first-order chi connectivity index (χ1) is 7.97. The molecule has 0 aromatic heterocycles. The van der Waals surface area contributed by atoms with Gasteiger partial charge in [-0.3, -0.25) is 9.59 Å². The Bertz CT molecular complexity index is 394. The fraction of sp³-hybridized carbons (Fsp3) is 0.700. The zero-order valence-electron chi connectivity index (χ0n) is 9.74. The van der Waals surface area contributed by atoms with E-state index in [0.29, 0.717) is 4.90 Å². The largest absolute Gasteiger partial charge is 0.465 e. The maximum absolute atomic E-state index is 12.3. The monoisotopic (exact) mass is 267 g/mol. The third-order valence-electron chi connectivity index (χ3n) is 2.84. The van der Waals surface area contributed by atoms with E-state index in [9.17, 15) is 27.6 Å². The van der Waals surface area contributed by atoms with Crippen molar-refractivity contribution in [2.24, 2.45) is 11.3 Å². The number of rotatable bonds is 1. The molecule has 1 amide bonds. The van der Waals surface area contributed by atoms with Crippen molar-refractivity contribution < 1.29 is 32.7 Å². The van der Waals surface area contributed by atoms with Gasteiger partial charge in [-0.15, -0.1) is 0 Å². The fourth-order valence-electron chi connectivity index (χ4n) is 1.94. The first-order valence-electron chi connectivity index (χ1n) is 5.10. The van der Waals surface area contributed by atoms with Crippen LogP contribution in [0.25, 0.3) is 0 Å². The molecule has 1 saturated heterocycles. The summed E-state index contributed by atoms with van der Waals surface area (Å²) in [5.74, 6) is -5.03. The highest BCUT2D eigenvalue weighted by molar-refractivity contribution is 6.08. The summed E-state index contributed by atoms with van der Waals surface area (Å²) in [6.45, 7) is 1.68. The highest BCUT2D eigenvalue weighted by Gasteiger charge is 2.53. The van der Waals surface area contributed by atoms with Crippen LogP contribution in [0.3, 0.4) is 0 Å². The molecule has 0 bridgehead atoms. The Kier molecular flexibility index (Phi) is 3.42. The van der Waals surface area contributed by atoms with Crippen molar-refractivity contribution in [2.75, 3.05) is 13.1 Å². The number of carbonyl (C=O) groups excluding carboxylic acids is 2. The van der Waals surface area contributed by atoms with Crippen LogP contribution in [0.2, 0.25) is 0 Å². The molecule has 1 N–H and O–H groups in total. The van der Waals surface area contributed by atoms with Crippen LogP contribution in [0.15, 0.2) is 0 Å². The van der Waals surface area contributed by atoms with E-state index < -0.39 is 41.7 Å². The Morgan fingerprint density at radius 1 is 1.39 bits per heavy atom. The van der Waals surface area contributed by atoms with Crippen molar-refractivity contribution in [1.82, 2.24) is 4.90 Å². The molecular weight excluding hydrogens is 255 g/mol. The van der Waals surface area contributed by atoms with Gasteiger partial charge in [-0.05, 0) is 0 Å². The number of alkyl halides is 3. The molecule has 1 atom stereocenters. The zero-order chi connectivity index (χ0) is 14.3. The van der Waals surface area contributed by atoms with E-state index in [1.807, 2.05) is 0 Å². The molecule has 18 heavy (non-hydrogen) atoms. The van der Waals surface area contributed by atoms with Crippen molar-refractivity contribution in [2.45, 2.75) is 20.0 Å². The van der Waals surface area contributed by atoms with E-state index in [-0.39, 0.29) is 6.54 Å². The lowest BCUT2D eigenvalue weighted by Crippen LogP contribution is -2.57. The minimum Gasteiger partial charge on any atom is -0.465 e. The molecule has 1 rings (SSSR count). The predicted octanol–water partition coefficient (Wildman–Crippen LogP) is 1.32. The van der Waals surface area contributed by atoms with Gasteiger partial charge in [0.1, 0.15) is 5.92 Å². The second-order valence-electron chi connectivity index (χ2n) is 4.83. The molecule has 0 aromatic carbocycles. The van der Waals surface area contributed by atoms with Gasteiger partial charge in [-0.2, -0.15) is 13.2 Å². The second-order valence-corrected chi connectivity index (χ2v) is 4.83. The molecule has 102 valence electrons. The van der Waals surface area contributed by atoms with Gasteiger partial charge in [-0.25, -0.2) is 4.79 Å². The van der Waals surface area contributed by atoms with Crippen molar-refractivity contribution >= 4 is 17.7 Å². The Labute approximate surface area is 101 Å². The molecule has 1 unspecified atom stereocenters. The Morgan fingerprint density at radius 2 is 1.89 bits per heavy atom. The zero-order valence-corrected chi connectivity index (χ0v) is 9.74. The molecule has 1 aliphatic rings. The average Bonchev–Trinajstić information content (AvgIpc) is 2.19. The molecule has 1 fully saturated rings. The third-order valence-corrected chi connectivity index (χ3v) is 2.84. The first-order valence-corrected chi connectivity index (χ1v) is 5.10. The van der Waals surface area contributed by atoms with Crippen LogP contribution in [-0.4, -0.2) is 46.9 Å². The van der Waals surface area contributed by atoms with Gasteiger partial charge in [0.2, 0.25) is 5.78 Å². The van der Waals surface area contributed by atoms with Crippen LogP contribution in [0.4, 0.5) is 18.0 Å². The fourth-order valence-corrected chi connectivity index (χ4v) is 1.94. The lowest BCUT2D eigenvalue weighted by Gasteiger charge is -2.39. The summed E-state index contributed by atoms with van der Waals surface area (Å²) in [5, 5.41) is 8.78. The maximum atomic E-state index is 12.3. The summed E-state index contributed by atoms with van der Waals surface area (Å²) in [7, 11) is 0. The highest BCUT2D eigenvalue weighted by Crippen LogP contribution is 2.33. The standard InChI is InChI=1S/C10H12F3NO4/c1-9(2)4-14(8(17)18)3-5(6(9)15)7(16)10(11,12)13/h5H,3-4H2,1-2H3,(H,17,18). The molecule has 0 spiro atoms. The quantitative estimate of drug-likeness (QED) is 0.727. The van der Waals surface area contributed by atoms with Gasteiger partial charge >= 0.3 is 12.3 Å². The lowest BCUT2D eigenvalue weighted by molar-refractivity contribution is -0.179. The van der Waals surface area contributed by atoms with Gasteiger partial charge in [0, 0.05) is 18.5 Å². The predicted molar refractivity (Wildman–Crippen MR) is 52.9 cm³/mol. The summed E-state index contributed by atoms with van der Waals surface area (Å²) < 4.78 is 37.0. The smallest absolute Gasteiger partial charge is 0.450 e. The van der Waals surface area contributed by atoms with E-state index in [2.05, 4.69) is 0 Å². The molecule has 0 aliphatic carbocycles. The van der Waals surface area contributed by atoms with E-state index in [1.54, 1.807) is 0 Å². The topological polar surface area (TPSA) is 74.7 Å². The van der Waals surface area contributed by atoms with Gasteiger partial charge in [0.05, 0.1) is 0 Å². The summed E-state index contributed by atoms with van der Waals surface area (Å²) >= 11 is 0. The van der Waals surface area contributed by atoms with Gasteiger partial charge < -0.3 is 10.0 Å². The molecule has 8 heteroatoms. The molecule has 1 aliphatic heterocycles. The van der Waals surface area contributed by atoms with Crippen LogP contribution in [0, 0.1) is 11.3 Å². The highest BCUT2D eigenvalue weighted by atomic mass is 19.4. The normalized spacial score (nSPS) is 23.9. The number of carbonyl (C=O) groups is 3. The molecule has 1 heterocycles. The van der Waals surface area contributed by atoms with Crippen molar-refractivity contribution in [3.63, 3.8) is 0 Å². The number of piperidine rings is 1. The summed E-state index contributed by atoms with van der Waals surface area (Å²) in [4.78, 5) is 34.3. The number of ketones is 2. The van der Waals surface area contributed by atoms with E-state index in [4.69, 9.17) is 5.11 Å². The van der Waals surface area contributed by atoms with Crippen LogP contribution < -0.4 is 0 Å². The Morgan fingerprint density at radius 3 is 2.28 bits per heavy atom. The van der Waals surface area contributed by atoms with Crippen molar-refractivity contribution in [3.05, 3.63) is 0 Å². The minimum absolute atomic E-state index is 0.219. The van der Waals surface area contributed by atoms with Crippen molar-refractivity contribution in [1.29, 1.82) is 0 Å². The summed E-state index contributed by atoms with van der Waals surface area (Å²) in [6, 6.07) is 0. The number of hydrogen-bond donors (Lipinski definition) is 1. The van der Waals surface area contributed by atoms with Crippen LogP contribution in [0.1, 0.15) is 13.8 Å². The van der Waals surface area contributed by atoms with Crippen LogP contribution in [0.5, 0.6) is 0 Å². The van der Waals surface area contributed by atoms with Gasteiger partial charge in [0.25, 0.3) is 0 Å². The van der Waals surface area contributed by atoms with Crippen LogP contribution in [-0.2, 0) is 9.59 Å². The number of Topliss-reactive ketones (excluding diaryl/α,β-unsaturated/α-hetero) is 2. The number of likely N-dealkylation sites (tertiary alicyclic amines) is 1. The third kappa shape index (κ3) is 2.62. The summed E-state index contributed by atoms with van der Waals surface area (Å²) in [5.41, 5.74) is -1.30.